The van der Waals surface area contributed by atoms with Crippen LogP contribution in [0.2, 0.25) is 0 Å². The van der Waals surface area contributed by atoms with Crippen LogP contribution in [0.3, 0.4) is 0 Å². The van der Waals surface area contributed by atoms with Crippen molar-refractivity contribution < 1.29 is 4.74 Å². The summed E-state index contributed by atoms with van der Waals surface area (Å²) in [7, 11) is 0. The van der Waals surface area contributed by atoms with Gasteiger partial charge in [-0.2, -0.15) is 0 Å². The van der Waals surface area contributed by atoms with E-state index < -0.39 is 0 Å². The van der Waals surface area contributed by atoms with E-state index in [1.54, 1.807) is 0 Å². The summed E-state index contributed by atoms with van der Waals surface area (Å²) in [4.78, 5) is 0. The Morgan fingerprint density at radius 2 is 2.33 bits per heavy atom. The fourth-order valence-corrected chi connectivity index (χ4v) is 1.14. The molecule has 0 aromatic carbocycles. The van der Waals surface area contributed by atoms with Gasteiger partial charge in [0, 0.05) is 6.61 Å². The Labute approximate surface area is 74.4 Å². The Bertz CT molecular complexity index is 199. The molecule has 0 N–H and O–H groups in total. The van der Waals surface area contributed by atoms with Gasteiger partial charge in [-0.15, -0.1) is 0 Å². The van der Waals surface area contributed by atoms with Crippen molar-refractivity contribution in [3.05, 3.63) is 36.0 Å². The summed E-state index contributed by atoms with van der Waals surface area (Å²) in [5.41, 5.74) is 1.38. The predicted octanol–water partition coefficient (Wildman–Crippen LogP) is 2.86. The van der Waals surface area contributed by atoms with E-state index in [0.717, 1.165) is 26.1 Å². The van der Waals surface area contributed by atoms with E-state index in [1.807, 2.05) is 6.92 Å². The molecule has 12 heavy (non-hydrogen) atoms. The van der Waals surface area contributed by atoms with E-state index in [9.17, 15) is 0 Å². The van der Waals surface area contributed by atoms with Crippen molar-refractivity contribution in [2.45, 2.75) is 19.8 Å². The van der Waals surface area contributed by atoms with Crippen molar-refractivity contribution in [1.29, 1.82) is 0 Å². The summed E-state index contributed by atoms with van der Waals surface area (Å²) in [5, 5.41) is 0. The van der Waals surface area contributed by atoms with Gasteiger partial charge in [-0.25, -0.2) is 0 Å². The highest BCUT2D eigenvalue weighted by Crippen LogP contribution is 2.08. The number of ether oxygens (including phenoxy) is 1. The molecular weight excluding hydrogens is 148 g/mol. The third-order valence-corrected chi connectivity index (χ3v) is 1.81. The second kappa shape index (κ2) is 5.78. The first kappa shape index (κ1) is 9.27. The maximum absolute atomic E-state index is 5.28. The third-order valence-electron chi connectivity index (χ3n) is 1.81. The van der Waals surface area contributed by atoms with Crippen molar-refractivity contribution in [2.24, 2.45) is 0 Å². The number of allylic oxidation sites excluding steroid dienone is 5. The van der Waals surface area contributed by atoms with Gasteiger partial charge in [-0.05, 0) is 25.3 Å². The van der Waals surface area contributed by atoms with Crippen molar-refractivity contribution in [1.82, 2.24) is 0 Å². The molecule has 0 heterocycles. The van der Waals surface area contributed by atoms with Gasteiger partial charge in [-0.1, -0.05) is 30.4 Å². The molecule has 66 valence electrons. The van der Waals surface area contributed by atoms with E-state index in [4.69, 9.17) is 4.74 Å². The summed E-state index contributed by atoms with van der Waals surface area (Å²) >= 11 is 0. The molecule has 0 saturated carbocycles. The Morgan fingerprint density at radius 1 is 1.42 bits per heavy atom. The molecule has 1 aliphatic carbocycles. The van der Waals surface area contributed by atoms with Crippen LogP contribution in [-0.2, 0) is 4.74 Å². The molecule has 0 amide bonds. The van der Waals surface area contributed by atoms with Crippen LogP contribution in [0.4, 0.5) is 0 Å². The first-order valence-electron chi connectivity index (χ1n) is 4.53. The SMILES string of the molecule is CCOCCC1=CCC=CC=C1. The molecule has 0 aromatic heterocycles. The average molecular weight is 164 g/mol. The fourth-order valence-electron chi connectivity index (χ4n) is 1.14. The Balaban J connectivity index is 2.27. The summed E-state index contributed by atoms with van der Waals surface area (Å²) < 4.78 is 5.28. The molecule has 1 aliphatic rings. The van der Waals surface area contributed by atoms with Gasteiger partial charge in [0.15, 0.2) is 0 Å². The predicted molar refractivity (Wildman–Crippen MR) is 52.1 cm³/mol. The minimum atomic E-state index is 0.815. The minimum Gasteiger partial charge on any atom is -0.381 e. The first-order chi connectivity index (χ1) is 5.93. The Kier molecular flexibility index (Phi) is 4.47. The maximum Gasteiger partial charge on any atom is 0.0506 e. The normalized spacial score (nSPS) is 15.9. The molecule has 0 unspecified atom stereocenters. The van der Waals surface area contributed by atoms with E-state index in [1.165, 1.54) is 5.57 Å². The van der Waals surface area contributed by atoms with E-state index in [-0.39, 0.29) is 0 Å². The van der Waals surface area contributed by atoms with Crippen LogP contribution in [0.5, 0.6) is 0 Å². The van der Waals surface area contributed by atoms with Crippen LogP contribution >= 0.6 is 0 Å². The molecule has 1 rings (SSSR count). The zero-order chi connectivity index (χ0) is 8.65. The van der Waals surface area contributed by atoms with Gasteiger partial charge in [-0.3, -0.25) is 0 Å². The number of hydrogen-bond acceptors (Lipinski definition) is 1. The van der Waals surface area contributed by atoms with Gasteiger partial charge in [0.05, 0.1) is 6.61 Å². The quantitative estimate of drug-likeness (QED) is 0.580. The lowest BCUT2D eigenvalue weighted by Crippen LogP contribution is -1.94. The Morgan fingerprint density at radius 3 is 3.17 bits per heavy atom. The standard InChI is InChI=1S/C11H16O/c1-2-12-10-9-11-7-5-3-4-6-8-11/h3-5,7-8H,2,6,9-10H2,1H3. The van der Waals surface area contributed by atoms with Crippen LogP contribution in [0, 0.1) is 0 Å². The largest absolute Gasteiger partial charge is 0.381 e. The zero-order valence-corrected chi connectivity index (χ0v) is 7.62. The van der Waals surface area contributed by atoms with Crippen LogP contribution in [-0.4, -0.2) is 13.2 Å². The molecular formula is C11H16O. The monoisotopic (exact) mass is 164 g/mol. The number of rotatable bonds is 4. The van der Waals surface area contributed by atoms with E-state index >= 15 is 0 Å². The van der Waals surface area contributed by atoms with E-state index in [0.29, 0.717) is 0 Å². The summed E-state index contributed by atoms with van der Waals surface area (Å²) in [6, 6.07) is 0. The zero-order valence-electron chi connectivity index (χ0n) is 7.62. The van der Waals surface area contributed by atoms with Crippen LogP contribution < -0.4 is 0 Å². The van der Waals surface area contributed by atoms with Gasteiger partial charge >= 0.3 is 0 Å². The van der Waals surface area contributed by atoms with E-state index in [2.05, 4.69) is 30.4 Å². The lowest BCUT2D eigenvalue weighted by atomic mass is 10.1. The van der Waals surface area contributed by atoms with Crippen LogP contribution in [0.1, 0.15) is 19.8 Å². The second-order valence-electron chi connectivity index (χ2n) is 2.75. The molecule has 0 fully saturated rings. The molecule has 0 bridgehead atoms. The van der Waals surface area contributed by atoms with Gasteiger partial charge < -0.3 is 4.74 Å². The average Bonchev–Trinajstić information content (AvgIpc) is 2.33. The highest BCUT2D eigenvalue weighted by Gasteiger charge is 1.93. The van der Waals surface area contributed by atoms with Gasteiger partial charge in [0.2, 0.25) is 0 Å². The van der Waals surface area contributed by atoms with Gasteiger partial charge in [0.25, 0.3) is 0 Å². The third kappa shape index (κ3) is 3.54. The van der Waals surface area contributed by atoms with Crippen LogP contribution in [0.25, 0.3) is 0 Å². The summed E-state index contributed by atoms with van der Waals surface area (Å²) in [6.45, 7) is 3.68. The van der Waals surface area contributed by atoms with Crippen molar-refractivity contribution >= 4 is 0 Å². The second-order valence-corrected chi connectivity index (χ2v) is 2.75. The van der Waals surface area contributed by atoms with Crippen molar-refractivity contribution in [3.8, 4) is 0 Å². The van der Waals surface area contributed by atoms with Crippen LogP contribution in [0.15, 0.2) is 36.0 Å². The minimum absolute atomic E-state index is 0.815. The summed E-state index contributed by atoms with van der Waals surface area (Å²) in [6.07, 6.45) is 12.8. The highest BCUT2D eigenvalue weighted by atomic mass is 16.5. The molecule has 0 saturated heterocycles. The molecule has 0 radical (unpaired) electrons. The molecule has 0 atom stereocenters. The molecule has 1 nitrogen and oxygen atoms in total. The molecule has 1 heteroatoms. The molecule has 0 spiro atoms. The molecule has 0 aliphatic heterocycles. The lowest BCUT2D eigenvalue weighted by molar-refractivity contribution is 0.151. The first-order valence-corrected chi connectivity index (χ1v) is 4.53. The smallest absolute Gasteiger partial charge is 0.0506 e. The topological polar surface area (TPSA) is 9.23 Å². The van der Waals surface area contributed by atoms with Gasteiger partial charge in [0.1, 0.15) is 0 Å². The van der Waals surface area contributed by atoms with Crippen molar-refractivity contribution in [2.75, 3.05) is 13.2 Å². The highest BCUT2D eigenvalue weighted by molar-refractivity contribution is 5.26. The maximum atomic E-state index is 5.28. The Hall–Kier alpha value is -0.820. The van der Waals surface area contributed by atoms with Crippen molar-refractivity contribution in [3.63, 3.8) is 0 Å². The molecule has 0 aromatic rings. The summed E-state index contributed by atoms with van der Waals surface area (Å²) in [5.74, 6) is 0. The lowest BCUT2D eigenvalue weighted by Gasteiger charge is -2.01. The number of hydrogen-bond donors (Lipinski definition) is 0. The fraction of sp³-hybridized carbons (Fsp3) is 0.455.